The number of carbonyl (C=O) groups excluding carboxylic acids is 3. The summed E-state index contributed by atoms with van der Waals surface area (Å²) in [7, 11) is 1.22. The van der Waals surface area contributed by atoms with Crippen LogP contribution in [0.4, 0.5) is 4.79 Å². The van der Waals surface area contributed by atoms with Gasteiger partial charge < -0.3 is 9.30 Å². The number of thioether (sulfide) groups is 1. The molecule has 1 unspecified atom stereocenters. The monoisotopic (exact) mass is 370 g/mol. The maximum Gasteiger partial charge on any atom is 0.328 e. The number of esters is 1. The molecule has 0 aliphatic carbocycles. The fraction of sp³-hybridized carbons (Fsp3) is 0.211. The Balaban J connectivity index is 1.93. The first kappa shape index (κ1) is 18.0. The summed E-state index contributed by atoms with van der Waals surface area (Å²) < 4.78 is 6.57. The molecule has 1 fully saturated rings. The molecule has 3 rings (SSSR count). The Kier molecular flexibility index (Phi) is 4.99. The highest BCUT2D eigenvalue weighted by molar-refractivity contribution is 8.18. The van der Waals surface area contributed by atoms with Crippen LogP contribution in [0, 0.1) is 6.92 Å². The zero-order valence-electron chi connectivity index (χ0n) is 14.6. The third-order valence-corrected chi connectivity index (χ3v) is 4.98. The van der Waals surface area contributed by atoms with Crippen molar-refractivity contribution in [3.8, 4) is 5.69 Å². The smallest absolute Gasteiger partial charge is 0.328 e. The molecule has 0 saturated carbocycles. The van der Waals surface area contributed by atoms with Crippen molar-refractivity contribution < 1.29 is 19.1 Å². The third-order valence-electron chi connectivity index (χ3n) is 4.09. The minimum Gasteiger partial charge on any atom is -0.467 e. The van der Waals surface area contributed by atoms with Gasteiger partial charge in [0.15, 0.2) is 0 Å². The Morgan fingerprint density at radius 3 is 2.69 bits per heavy atom. The molecule has 6 nitrogen and oxygen atoms in total. The van der Waals surface area contributed by atoms with Crippen LogP contribution in [-0.2, 0) is 14.3 Å². The fourth-order valence-corrected chi connectivity index (χ4v) is 3.64. The second kappa shape index (κ2) is 7.21. The number of aryl methyl sites for hydroxylation is 1. The first-order valence-corrected chi connectivity index (χ1v) is 8.83. The van der Waals surface area contributed by atoms with Gasteiger partial charge >= 0.3 is 5.97 Å². The number of aromatic nitrogens is 1. The number of hydrogen-bond donors (Lipinski definition) is 0. The van der Waals surface area contributed by atoms with E-state index < -0.39 is 23.2 Å². The molecule has 1 aliphatic rings. The van der Waals surface area contributed by atoms with Crippen LogP contribution in [0.15, 0.2) is 47.5 Å². The SMILES string of the molecule is COC(=O)C(C)N1C(=O)S/C(=C\c2cccn2-c2cccc(C)c2)C1=O. The van der Waals surface area contributed by atoms with E-state index in [1.54, 1.807) is 6.08 Å². The summed E-state index contributed by atoms with van der Waals surface area (Å²) >= 11 is 0.821. The quantitative estimate of drug-likeness (QED) is 0.610. The summed E-state index contributed by atoms with van der Waals surface area (Å²) in [5, 5.41) is -0.479. The van der Waals surface area contributed by atoms with Crippen molar-refractivity contribution in [3.05, 3.63) is 58.8 Å². The van der Waals surface area contributed by atoms with Gasteiger partial charge in [-0.3, -0.25) is 14.5 Å². The van der Waals surface area contributed by atoms with Crippen LogP contribution in [0.1, 0.15) is 18.2 Å². The number of rotatable bonds is 4. The molecule has 1 aliphatic heterocycles. The molecule has 2 aromatic rings. The third kappa shape index (κ3) is 3.30. The predicted molar refractivity (Wildman–Crippen MR) is 99.8 cm³/mol. The van der Waals surface area contributed by atoms with Gasteiger partial charge in [-0.25, -0.2) is 4.79 Å². The number of amides is 2. The van der Waals surface area contributed by atoms with Crippen molar-refractivity contribution >= 4 is 35.0 Å². The van der Waals surface area contributed by atoms with Gasteiger partial charge in [0.25, 0.3) is 11.1 Å². The highest BCUT2D eigenvalue weighted by Crippen LogP contribution is 2.34. The molecule has 1 saturated heterocycles. The van der Waals surface area contributed by atoms with Crippen molar-refractivity contribution in [2.45, 2.75) is 19.9 Å². The summed E-state index contributed by atoms with van der Waals surface area (Å²) in [6, 6.07) is 10.7. The van der Waals surface area contributed by atoms with E-state index in [1.165, 1.54) is 14.0 Å². The van der Waals surface area contributed by atoms with Crippen LogP contribution in [0.25, 0.3) is 11.8 Å². The number of nitrogens with zero attached hydrogens (tertiary/aromatic N) is 2. The van der Waals surface area contributed by atoms with Crippen molar-refractivity contribution in [1.82, 2.24) is 9.47 Å². The average molecular weight is 370 g/mol. The normalized spacial score (nSPS) is 17.0. The lowest BCUT2D eigenvalue weighted by atomic mass is 10.2. The molecular weight excluding hydrogens is 352 g/mol. The highest BCUT2D eigenvalue weighted by atomic mass is 32.2. The molecule has 0 spiro atoms. The lowest BCUT2D eigenvalue weighted by Gasteiger charge is -2.18. The molecule has 0 radical (unpaired) electrons. The van der Waals surface area contributed by atoms with Crippen LogP contribution >= 0.6 is 11.8 Å². The maximum absolute atomic E-state index is 12.6. The number of carbonyl (C=O) groups is 3. The number of methoxy groups -OCH3 is 1. The molecule has 2 amide bonds. The van der Waals surface area contributed by atoms with Crippen LogP contribution in [0.2, 0.25) is 0 Å². The first-order valence-electron chi connectivity index (χ1n) is 8.01. The van der Waals surface area contributed by atoms with E-state index in [1.807, 2.05) is 54.1 Å². The summed E-state index contributed by atoms with van der Waals surface area (Å²) in [6.45, 7) is 3.48. The van der Waals surface area contributed by atoms with Crippen molar-refractivity contribution in [2.75, 3.05) is 7.11 Å². The molecule has 1 aromatic heterocycles. The van der Waals surface area contributed by atoms with Gasteiger partial charge in [0.1, 0.15) is 6.04 Å². The zero-order chi connectivity index (χ0) is 18.8. The van der Waals surface area contributed by atoms with E-state index in [0.29, 0.717) is 0 Å². The van der Waals surface area contributed by atoms with Gasteiger partial charge in [-0.1, -0.05) is 12.1 Å². The maximum atomic E-state index is 12.6. The van der Waals surface area contributed by atoms with E-state index >= 15 is 0 Å². The Morgan fingerprint density at radius 2 is 2.00 bits per heavy atom. The van der Waals surface area contributed by atoms with Crippen LogP contribution < -0.4 is 0 Å². The van der Waals surface area contributed by atoms with E-state index in [9.17, 15) is 14.4 Å². The summed E-state index contributed by atoms with van der Waals surface area (Å²) in [5.74, 6) is -1.12. The molecule has 2 heterocycles. The Bertz CT molecular complexity index is 916. The van der Waals surface area contributed by atoms with Crippen LogP contribution in [0.5, 0.6) is 0 Å². The highest BCUT2D eigenvalue weighted by Gasteiger charge is 2.41. The lowest BCUT2D eigenvalue weighted by molar-refractivity contribution is -0.148. The largest absolute Gasteiger partial charge is 0.467 e. The number of hydrogen-bond acceptors (Lipinski definition) is 5. The number of imide groups is 1. The fourth-order valence-electron chi connectivity index (χ4n) is 2.75. The van der Waals surface area contributed by atoms with Crippen molar-refractivity contribution in [3.63, 3.8) is 0 Å². The van der Waals surface area contributed by atoms with Crippen LogP contribution in [0.3, 0.4) is 0 Å². The Labute approximate surface area is 155 Å². The van der Waals surface area contributed by atoms with E-state index in [-0.39, 0.29) is 4.91 Å². The minimum atomic E-state index is -0.957. The van der Waals surface area contributed by atoms with E-state index in [4.69, 9.17) is 0 Å². The molecule has 7 heteroatoms. The summed E-state index contributed by atoms with van der Waals surface area (Å²) in [6.07, 6.45) is 3.55. The molecule has 1 aromatic carbocycles. The zero-order valence-corrected chi connectivity index (χ0v) is 15.4. The van der Waals surface area contributed by atoms with Gasteiger partial charge in [0, 0.05) is 17.6 Å². The van der Waals surface area contributed by atoms with E-state index in [2.05, 4.69) is 4.74 Å². The molecule has 1 atom stereocenters. The molecule has 0 bridgehead atoms. The predicted octanol–water partition coefficient (Wildman–Crippen LogP) is 3.38. The molecule has 26 heavy (non-hydrogen) atoms. The average Bonchev–Trinajstić information content (AvgIpc) is 3.18. The van der Waals surface area contributed by atoms with Crippen LogP contribution in [-0.4, -0.2) is 39.7 Å². The Morgan fingerprint density at radius 1 is 1.23 bits per heavy atom. The summed E-state index contributed by atoms with van der Waals surface area (Å²) in [4.78, 5) is 37.7. The number of ether oxygens (including phenoxy) is 1. The molecule has 134 valence electrons. The van der Waals surface area contributed by atoms with Gasteiger partial charge in [-0.05, 0) is 61.5 Å². The standard InChI is InChI=1S/C19H18N2O4S/c1-12-6-4-7-14(10-12)20-9-5-8-15(20)11-16-17(22)21(19(24)26-16)13(2)18(23)25-3/h4-11,13H,1-3H3/b16-11-. The first-order chi connectivity index (χ1) is 12.4. The molecular formula is C19H18N2O4S. The van der Waals surface area contributed by atoms with Crippen molar-refractivity contribution in [1.29, 1.82) is 0 Å². The summed E-state index contributed by atoms with van der Waals surface area (Å²) in [5.41, 5.74) is 2.85. The van der Waals surface area contributed by atoms with Gasteiger partial charge in [-0.2, -0.15) is 0 Å². The second-order valence-electron chi connectivity index (χ2n) is 5.89. The Hall–Kier alpha value is -2.80. The van der Waals surface area contributed by atoms with Crippen molar-refractivity contribution in [2.24, 2.45) is 0 Å². The molecule has 0 N–H and O–H groups in total. The van der Waals surface area contributed by atoms with E-state index in [0.717, 1.165) is 33.6 Å². The van der Waals surface area contributed by atoms with Gasteiger partial charge in [0.2, 0.25) is 0 Å². The lowest BCUT2D eigenvalue weighted by Crippen LogP contribution is -2.42. The second-order valence-corrected chi connectivity index (χ2v) is 6.89. The van der Waals surface area contributed by atoms with Gasteiger partial charge in [0.05, 0.1) is 12.0 Å². The number of benzene rings is 1. The minimum absolute atomic E-state index is 0.276. The van der Waals surface area contributed by atoms with Gasteiger partial charge in [-0.15, -0.1) is 0 Å². The topological polar surface area (TPSA) is 68.6 Å².